The zero-order valence-electron chi connectivity index (χ0n) is 11.7. The van der Waals surface area contributed by atoms with Gasteiger partial charge in [-0.25, -0.2) is 4.98 Å². The number of nitrogens with one attached hydrogen (secondary N) is 1. The first-order chi connectivity index (χ1) is 9.37. The monoisotopic (exact) mass is 297 g/mol. The van der Waals surface area contributed by atoms with E-state index in [0.717, 1.165) is 37.3 Å². The van der Waals surface area contributed by atoms with Crippen LogP contribution in [0.2, 0.25) is 0 Å². The summed E-state index contributed by atoms with van der Waals surface area (Å²) in [7, 11) is 0. The van der Waals surface area contributed by atoms with Gasteiger partial charge < -0.3 is 15.3 Å². The van der Waals surface area contributed by atoms with Gasteiger partial charge in [0, 0.05) is 25.0 Å². The molecule has 1 fully saturated rings. The molecule has 0 unspecified atom stereocenters. The van der Waals surface area contributed by atoms with Crippen molar-refractivity contribution in [3.8, 4) is 0 Å². The number of amides is 2. The van der Waals surface area contributed by atoms with Crippen molar-refractivity contribution in [1.82, 2.24) is 15.2 Å². The predicted octanol–water partition coefficient (Wildman–Crippen LogP) is 0.880. The number of hydrogen-bond donors (Lipinski definition) is 2. The van der Waals surface area contributed by atoms with Crippen molar-refractivity contribution in [2.24, 2.45) is 0 Å². The van der Waals surface area contributed by atoms with E-state index >= 15 is 0 Å². The van der Waals surface area contributed by atoms with Crippen LogP contribution in [0.4, 0.5) is 0 Å². The largest absolute Gasteiger partial charge is 0.389 e. The maximum absolute atomic E-state index is 12.1. The van der Waals surface area contributed by atoms with E-state index in [2.05, 4.69) is 10.3 Å². The van der Waals surface area contributed by atoms with E-state index in [1.165, 1.54) is 0 Å². The Morgan fingerprint density at radius 2 is 2.10 bits per heavy atom. The molecule has 0 spiro atoms. The fourth-order valence-electron chi connectivity index (χ4n) is 1.93. The van der Waals surface area contributed by atoms with Crippen molar-refractivity contribution in [2.75, 3.05) is 19.6 Å². The first-order valence-corrected chi connectivity index (χ1v) is 7.50. The van der Waals surface area contributed by atoms with Crippen LogP contribution in [0.15, 0.2) is 5.38 Å². The van der Waals surface area contributed by atoms with Crippen molar-refractivity contribution in [3.05, 3.63) is 16.1 Å². The van der Waals surface area contributed by atoms with Gasteiger partial charge in [0.25, 0.3) is 11.8 Å². The molecule has 2 amide bonds. The van der Waals surface area contributed by atoms with Crippen LogP contribution in [-0.4, -0.2) is 52.0 Å². The fraction of sp³-hybridized carbons (Fsp3) is 0.615. The Morgan fingerprint density at radius 3 is 2.70 bits per heavy atom. The first kappa shape index (κ1) is 14.9. The maximum atomic E-state index is 12.1. The van der Waals surface area contributed by atoms with Crippen LogP contribution in [0, 0.1) is 0 Å². The summed E-state index contributed by atoms with van der Waals surface area (Å²) in [6, 6.07) is 0. The van der Waals surface area contributed by atoms with Gasteiger partial charge in [0.05, 0.1) is 5.60 Å². The van der Waals surface area contributed by atoms with Gasteiger partial charge in [0.1, 0.15) is 5.69 Å². The van der Waals surface area contributed by atoms with E-state index in [9.17, 15) is 14.7 Å². The number of hydrogen-bond acceptors (Lipinski definition) is 5. The van der Waals surface area contributed by atoms with Crippen LogP contribution in [0.5, 0.6) is 0 Å². The summed E-state index contributed by atoms with van der Waals surface area (Å²) < 4.78 is 0. The number of carbonyl (C=O) groups excluding carboxylic acids is 2. The van der Waals surface area contributed by atoms with Gasteiger partial charge in [-0.1, -0.05) is 0 Å². The first-order valence-electron chi connectivity index (χ1n) is 6.62. The molecule has 0 aromatic carbocycles. The Labute approximate surface area is 121 Å². The molecule has 0 saturated carbocycles. The van der Waals surface area contributed by atoms with Gasteiger partial charge in [-0.3, -0.25) is 9.59 Å². The van der Waals surface area contributed by atoms with Gasteiger partial charge in [-0.05, 0) is 26.7 Å². The lowest BCUT2D eigenvalue weighted by molar-refractivity contribution is 0.0693. The van der Waals surface area contributed by atoms with E-state index in [1.54, 1.807) is 24.1 Å². The van der Waals surface area contributed by atoms with Crippen LogP contribution in [-0.2, 0) is 0 Å². The van der Waals surface area contributed by atoms with Crippen molar-refractivity contribution in [3.63, 3.8) is 0 Å². The van der Waals surface area contributed by atoms with E-state index in [1.807, 2.05) is 0 Å². The number of aromatic nitrogens is 1. The summed E-state index contributed by atoms with van der Waals surface area (Å²) >= 11 is 1.14. The van der Waals surface area contributed by atoms with E-state index in [0.29, 0.717) is 5.69 Å². The molecule has 1 aromatic rings. The van der Waals surface area contributed by atoms with Crippen LogP contribution < -0.4 is 5.32 Å². The maximum Gasteiger partial charge on any atom is 0.280 e. The average Bonchev–Trinajstić information content (AvgIpc) is 3.04. The number of carbonyl (C=O) groups is 2. The lowest BCUT2D eigenvalue weighted by Gasteiger charge is -2.16. The summed E-state index contributed by atoms with van der Waals surface area (Å²) in [5, 5.41) is 14.0. The summed E-state index contributed by atoms with van der Waals surface area (Å²) in [5.74, 6) is -0.474. The molecule has 0 atom stereocenters. The number of likely N-dealkylation sites (tertiary alicyclic amines) is 1. The molecular weight excluding hydrogens is 278 g/mol. The van der Waals surface area contributed by atoms with Gasteiger partial charge in [0.2, 0.25) is 0 Å². The highest BCUT2D eigenvalue weighted by atomic mass is 32.1. The Hall–Kier alpha value is -1.47. The Bertz CT molecular complexity index is 501. The molecular formula is C13H19N3O3S. The molecule has 2 N–H and O–H groups in total. The fourth-order valence-corrected chi connectivity index (χ4v) is 2.64. The number of nitrogens with zero attached hydrogens (tertiary/aromatic N) is 2. The summed E-state index contributed by atoms with van der Waals surface area (Å²) in [6.45, 7) is 4.88. The van der Waals surface area contributed by atoms with Gasteiger partial charge in [-0.2, -0.15) is 0 Å². The Morgan fingerprint density at radius 1 is 1.45 bits per heavy atom. The van der Waals surface area contributed by atoms with Crippen LogP contribution in [0.3, 0.4) is 0 Å². The summed E-state index contributed by atoms with van der Waals surface area (Å²) in [4.78, 5) is 29.8. The summed E-state index contributed by atoms with van der Waals surface area (Å²) in [6.07, 6.45) is 2.05. The zero-order chi connectivity index (χ0) is 14.8. The molecule has 0 aliphatic carbocycles. The third kappa shape index (κ3) is 3.77. The van der Waals surface area contributed by atoms with E-state index in [-0.39, 0.29) is 23.4 Å². The Kier molecular flexibility index (Phi) is 4.39. The lowest BCUT2D eigenvalue weighted by Crippen LogP contribution is -2.38. The molecule has 1 aliphatic rings. The third-order valence-corrected chi connectivity index (χ3v) is 3.83. The minimum absolute atomic E-state index is 0.111. The highest BCUT2D eigenvalue weighted by molar-refractivity contribution is 7.11. The lowest BCUT2D eigenvalue weighted by atomic mass is 10.1. The molecule has 0 radical (unpaired) electrons. The normalized spacial score (nSPS) is 15.4. The van der Waals surface area contributed by atoms with E-state index in [4.69, 9.17) is 0 Å². The number of thiazole rings is 1. The molecule has 0 bridgehead atoms. The smallest absolute Gasteiger partial charge is 0.280 e. The number of aliphatic hydroxyl groups is 1. The second-order valence-electron chi connectivity index (χ2n) is 5.53. The predicted molar refractivity (Wildman–Crippen MR) is 75.9 cm³/mol. The van der Waals surface area contributed by atoms with Crippen molar-refractivity contribution >= 4 is 23.2 Å². The average molecular weight is 297 g/mol. The number of rotatable bonds is 4. The quantitative estimate of drug-likeness (QED) is 0.864. The second kappa shape index (κ2) is 5.88. The van der Waals surface area contributed by atoms with Gasteiger partial charge >= 0.3 is 0 Å². The minimum atomic E-state index is -0.971. The van der Waals surface area contributed by atoms with Crippen molar-refractivity contribution in [1.29, 1.82) is 0 Å². The molecule has 1 aliphatic heterocycles. The zero-order valence-corrected chi connectivity index (χ0v) is 12.5. The summed E-state index contributed by atoms with van der Waals surface area (Å²) in [5.41, 5.74) is -0.647. The molecule has 20 heavy (non-hydrogen) atoms. The van der Waals surface area contributed by atoms with Crippen LogP contribution in [0.1, 0.15) is 47.0 Å². The molecule has 2 heterocycles. The van der Waals surface area contributed by atoms with Crippen LogP contribution in [0.25, 0.3) is 0 Å². The molecule has 6 nitrogen and oxygen atoms in total. The van der Waals surface area contributed by atoms with Crippen molar-refractivity contribution in [2.45, 2.75) is 32.3 Å². The molecule has 1 saturated heterocycles. The molecule has 7 heteroatoms. The van der Waals surface area contributed by atoms with Gasteiger partial charge in [-0.15, -0.1) is 11.3 Å². The molecule has 2 rings (SSSR count). The Balaban J connectivity index is 1.97. The van der Waals surface area contributed by atoms with Crippen molar-refractivity contribution < 1.29 is 14.7 Å². The third-order valence-electron chi connectivity index (χ3n) is 2.99. The standard InChI is InChI=1S/C13H19N3O3S/c1-13(2,19)8-14-10(17)11-15-9(7-20-11)12(18)16-5-3-4-6-16/h7,19H,3-6,8H2,1-2H3,(H,14,17). The SMILES string of the molecule is CC(C)(O)CNC(=O)c1nc(C(=O)N2CCCC2)cs1. The highest BCUT2D eigenvalue weighted by Gasteiger charge is 2.23. The molecule has 110 valence electrons. The molecule has 1 aromatic heterocycles. The van der Waals surface area contributed by atoms with Gasteiger partial charge in [0.15, 0.2) is 5.01 Å². The minimum Gasteiger partial charge on any atom is -0.389 e. The van der Waals surface area contributed by atoms with Crippen LogP contribution >= 0.6 is 11.3 Å². The topological polar surface area (TPSA) is 82.5 Å². The second-order valence-corrected chi connectivity index (χ2v) is 6.39. The van der Waals surface area contributed by atoms with E-state index < -0.39 is 5.60 Å². The highest BCUT2D eigenvalue weighted by Crippen LogP contribution is 2.15.